The van der Waals surface area contributed by atoms with Crippen LogP contribution in [0, 0.1) is 5.82 Å². The van der Waals surface area contributed by atoms with Crippen molar-refractivity contribution in [1.82, 2.24) is 4.90 Å². The third kappa shape index (κ3) is 3.06. The van der Waals surface area contributed by atoms with E-state index in [9.17, 15) is 14.3 Å². The van der Waals surface area contributed by atoms with Crippen LogP contribution in [0.3, 0.4) is 0 Å². The Bertz CT molecular complexity index is 459. The smallest absolute Gasteiger partial charge is 0.257 e. The molecule has 1 aliphatic rings. The quantitative estimate of drug-likeness (QED) is 0.910. The zero-order valence-corrected chi connectivity index (χ0v) is 11.2. The number of hydrogen-bond acceptors (Lipinski definition) is 2. The molecule has 1 aromatic rings. The number of carbonyl (C=O) groups is 1. The van der Waals surface area contributed by atoms with E-state index in [-0.39, 0.29) is 23.3 Å². The summed E-state index contributed by atoms with van der Waals surface area (Å²) in [4.78, 5) is 14.3. The lowest BCUT2D eigenvalue weighted by molar-refractivity contribution is 0.0597. The summed E-state index contributed by atoms with van der Waals surface area (Å²) in [6, 6.07) is 3.82. The number of halogens is 1. The molecule has 104 valence electrons. The lowest BCUT2D eigenvalue weighted by Crippen LogP contribution is -2.43. The molecule has 0 spiro atoms. The fourth-order valence-corrected chi connectivity index (χ4v) is 2.74. The monoisotopic (exact) mass is 265 g/mol. The van der Waals surface area contributed by atoms with Gasteiger partial charge in [0.15, 0.2) is 0 Å². The van der Waals surface area contributed by atoms with Crippen molar-refractivity contribution in [3.8, 4) is 5.75 Å². The number of benzene rings is 1. The number of likely N-dealkylation sites (tertiary alicyclic amines) is 1. The van der Waals surface area contributed by atoms with E-state index in [1.807, 2.05) is 4.90 Å². The Morgan fingerprint density at radius 2 is 2.26 bits per heavy atom. The third-order valence-electron chi connectivity index (χ3n) is 3.70. The minimum atomic E-state index is -0.530. The molecule has 1 heterocycles. The molecule has 1 amide bonds. The zero-order chi connectivity index (χ0) is 13.8. The number of phenolic OH excluding ortho intramolecular Hbond substituents is 1. The van der Waals surface area contributed by atoms with Gasteiger partial charge in [0.05, 0.1) is 5.56 Å². The lowest BCUT2D eigenvalue weighted by Gasteiger charge is -2.36. The van der Waals surface area contributed by atoms with Gasteiger partial charge in [-0.05, 0) is 37.8 Å². The van der Waals surface area contributed by atoms with E-state index in [1.165, 1.54) is 12.1 Å². The van der Waals surface area contributed by atoms with Crippen LogP contribution in [0.15, 0.2) is 18.2 Å². The van der Waals surface area contributed by atoms with E-state index >= 15 is 0 Å². The van der Waals surface area contributed by atoms with Gasteiger partial charge in [-0.25, -0.2) is 4.39 Å². The molecule has 3 nitrogen and oxygen atoms in total. The Morgan fingerprint density at radius 3 is 2.95 bits per heavy atom. The molecule has 19 heavy (non-hydrogen) atoms. The predicted molar refractivity (Wildman–Crippen MR) is 71.6 cm³/mol. The summed E-state index contributed by atoms with van der Waals surface area (Å²) >= 11 is 0. The number of aromatic hydroxyl groups is 1. The van der Waals surface area contributed by atoms with Crippen LogP contribution in [0.25, 0.3) is 0 Å². The van der Waals surface area contributed by atoms with Crippen molar-refractivity contribution in [2.75, 3.05) is 6.54 Å². The molecule has 2 rings (SSSR count). The van der Waals surface area contributed by atoms with Gasteiger partial charge in [0.2, 0.25) is 0 Å². The molecule has 4 heteroatoms. The Morgan fingerprint density at radius 1 is 1.47 bits per heavy atom. The van der Waals surface area contributed by atoms with Gasteiger partial charge in [0.25, 0.3) is 5.91 Å². The number of amides is 1. The fourth-order valence-electron chi connectivity index (χ4n) is 2.74. The van der Waals surface area contributed by atoms with Gasteiger partial charge in [-0.15, -0.1) is 0 Å². The van der Waals surface area contributed by atoms with Gasteiger partial charge in [0.1, 0.15) is 11.6 Å². The summed E-state index contributed by atoms with van der Waals surface area (Å²) in [6.45, 7) is 2.83. The van der Waals surface area contributed by atoms with E-state index in [0.717, 1.165) is 44.7 Å². The minimum absolute atomic E-state index is 0.185. The molecule has 0 radical (unpaired) electrons. The minimum Gasteiger partial charge on any atom is -0.507 e. The third-order valence-corrected chi connectivity index (χ3v) is 3.70. The fraction of sp³-hybridized carbons (Fsp3) is 0.533. The van der Waals surface area contributed by atoms with E-state index in [0.29, 0.717) is 0 Å². The van der Waals surface area contributed by atoms with E-state index < -0.39 is 5.82 Å². The van der Waals surface area contributed by atoms with Crippen LogP contribution in [0.2, 0.25) is 0 Å². The molecular weight excluding hydrogens is 245 g/mol. The summed E-state index contributed by atoms with van der Waals surface area (Å²) < 4.78 is 13.0. The van der Waals surface area contributed by atoms with Crippen molar-refractivity contribution in [2.24, 2.45) is 0 Å². The average molecular weight is 265 g/mol. The second-order valence-corrected chi connectivity index (χ2v) is 5.10. The standard InChI is InChI=1S/C15H20FNO2/c1-2-5-12-6-3-4-9-17(12)15(19)13-8-7-11(16)10-14(13)18/h7-8,10,12,18H,2-6,9H2,1H3. The molecule has 0 aromatic heterocycles. The number of piperidine rings is 1. The summed E-state index contributed by atoms with van der Waals surface area (Å²) in [7, 11) is 0. The van der Waals surface area contributed by atoms with Crippen molar-refractivity contribution in [3.05, 3.63) is 29.6 Å². The number of hydrogen-bond donors (Lipinski definition) is 1. The molecular formula is C15H20FNO2. The molecule has 1 atom stereocenters. The summed E-state index contributed by atoms with van der Waals surface area (Å²) in [5, 5.41) is 9.72. The molecule has 0 bridgehead atoms. The number of rotatable bonds is 3. The largest absolute Gasteiger partial charge is 0.507 e. The van der Waals surface area contributed by atoms with Gasteiger partial charge in [-0.1, -0.05) is 13.3 Å². The summed E-state index contributed by atoms with van der Waals surface area (Å²) in [5.41, 5.74) is 0.199. The summed E-state index contributed by atoms with van der Waals surface area (Å²) in [6.07, 6.45) is 5.16. The number of carbonyl (C=O) groups excluding carboxylic acids is 1. The number of phenols is 1. The molecule has 0 saturated carbocycles. The molecule has 0 aliphatic carbocycles. The Balaban J connectivity index is 2.21. The highest BCUT2D eigenvalue weighted by Crippen LogP contribution is 2.26. The van der Waals surface area contributed by atoms with Crippen molar-refractivity contribution in [3.63, 3.8) is 0 Å². The first-order valence-electron chi connectivity index (χ1n) is 6.93. The highest BCUT2D eigenvalue weighted by atomic mass is 19.1. The highest BCUT2D eigenvalue weighted by Gasteiger charge is 2.28. The van der Waals surface area contributed by atoms with Gasteiger partial charge in [-0.2, -0.15) is 0 Å². The zero-order valence-electron chi connectivity index (χ0n) is 11.2. The van der Waals surface area contributed by atoms with Crippen LogP contribution >= 0.6 is 0 Å². The molecule has 1 unspecified atom stereocenters. The van der Waals surface area contributed by atoms with E-state index in [2.05, 4.69) is 6.92 Å². The van der Waals surface area contributed by atoms with Crippen molar-refractivity contribution in [1.29, 1.82) is 0 Å². The van der Waals surface area contributed by atoms with Crippen LogP contribution in [-0.4, -0.2) is 28.5 Å². The second kappa shape index (κ2) is 6.04. The van der Waals surface area contributed by atoms with Gasteiger partial charge >= 0.3 is 0 Å². The summed E-state index contributed by atoms with van der Waals surface area (Å²) in [5.74, 6) is -0.987. The number of nitrogens with zero attached hydrogens (tertiary/aromatic N) is 1. The normalized spacial score (nSPS) is 19.5. The van der Waals surface area contributed by atoms with E-state index in [4.69, 9.17) is 0 Å². The topological polar surface area (TPSA) is 40.5 Å². The van der Waals surface area contributed by atoms with E-state index in [1.54, 1.807) is 0 Å². The van der Waals surface area contributed by atoms with Crippen molar-refractivity contribution < 1.29 is 14.3 Å². The van der Waals surface area contributed by atoms with Crippen LogP contribution in [0.4, 0.5) is 4.39 Å². The molecule has 1 N–H and O–H groups in total. The molecule has 1 aromatic carbocycles. The van der Waals surface area contributed by atoms with Crippen LogP contribution in [-0.2, 0) is 0 Å². The predicted octanol–water partition coefficient (Wildman–Crippen LogP) is 3.33. The Labute approximate surface area is 113 Å². The maximum absolute atomic E-state index is 13.0. The average Bonchev–Trinajstić information content (AvgIpc) is 2.39. The SMILES string of the molecule is CCCC1CCCCN1C(=O)c1ccc(F)cc1O. The first kappa shape index (κ1) is 13.8. The van der Waals surface area contributed by atoms with Crippen LogP contribution in [0.5, 0.6) is 5.75 Å². The lowest BCUT2D eigenvalue weighted by atomic mass is 9.97. The van der Waals surface area contributed by atoms with Crippen molar-refractivity contribution >= 4 is 5.91 Å². The first-order chi connectivity index (χ1) is 9.13. The Hall–Kier alpha value is -1.58. The highest BCUT2D eigenvalue weighted by molar-refractivity contribution is 5.97. The molecule has 1 aliphatic heterocycles. The molecule has 1 fully saturated rings. The van der Waals surface area contributed by atoms with Crippen LogP contribution in [0.1, 0.15) is 49.4 Å². The molecule has 1 saturated heterocycles. The van der Waals surface area contributed by atoms with Gasteiger partial charge < -0.3 is 10.0 Å². The van der Waals surface area contributed by atoms with Gasteiger partial charge in [-0.3, -0.25) is 4.79 Å². The van der Waals surface area contributed by atoms with Crippen LogP contribution < -0.4 is 0 Å². The van der Waals surface area contributed by atoms with Gasteiger partial charge in [0, 0.05) is 18.7 Å². The second-order valence-electron chi connectivity index (χ2n) is 5.10. The first-order valence-corrected chi connectivity index (χ1v) is 6.93. The Kier molecular flexibility index (Phi) is 4.40. The maximum atomic E-state index is 13.0. The maximum Gasteiger partial charge on any atom is 0.257 e. The van der Waals surface area contributed by atoms with Crippen molar-refractivity contribution in [2.45, 2.75) is 45.1 Å².